The molecule has 2 heterocycles. The molecule has 7 heteroatoms. The van der Waals surface area contributed by atoms with Gasteiger partial charge in [0.25, 0.3) is 0 Å². The monoisotopic (exact) mass is 297 g/mol. The summed E-state index contributed by atoms with van der Waals surface area (Å²) in [5.74, 6) is 0.617. The summed E-state index contributed by atoms with van der Waals surface area (Å²) < 4.78 is 6.48. The fourth-order valence-electron chi connectivity index (χ4n) is 1.98. The molecule has 0 fully saturated rings. The molecule has 0 spiro atoms. The molecule has 1 amide bonds. The van der Waals surface area contributed by atoms with Gasteiger partial charge >= 0.3 is 11.9 Å². The summed E-state index contributed by atoms with van der Waals surface area (Å²) in [4.78, 5) is 23.3. The smallest absolute Gasteiger partial charge is 0.397 e. The van der Waals surface area contributed by atoms with E-state index in [1.807, 2.05) is 20.8 Å². The molecule has 20 heavy (non-hydrogen) atoms. The van der Waals surface area contributed by atoms with Crippen LogP contribution in [-0.2, 0) is 31.4 Å². The number of amides is 1. The highest BCUT2D eigenvalue weighted by molar-refractivity contribution is 7.98. The second-order valence-electron chi connectivity index (χ2n) is 5.52. The molecule has 1 aliphatic heterocycles. The normalized spacial score (nSPS) is 14.0. The van der Waals surface area contributed by atoms with Gasteiger partial charge in [0.1, 0.15) is 5.82 Å². The van der Waals surface area contributed by atoms with Crippen LogP contribution >= 0.6 is 11.8 Å². The van der Waals surface area contributed by atoms with E-state index in [2.05, 4.69) is 10.4 Å². The molecule has 1 aromatic heterocycles. The topological polar surface area (TPSA) is 73.2 Å². The van der Waals surface area contributed by atoms with E-state index >= 15 is 0 Å². The molecule has 0 saturated carbocycles. The van der Waals surface area contributed by atoms with Crippen molar-refractivity contribution in [2.75, 3.05) is 11.9 Å². The van der Waals surface area contributed by atoms with Gasteiger partial charge in [0.2, 0.25) is 0 Å². The lowest BCUT2D eigenvalue weighted by molar-refractivity contribution is -0.152. The summed E-state index contributed by atoms with van der Waals surface area (Å²) in [5.41, 5.74) is 1.71. The molecule has 1 N–H and O–H groups in total. The van der Waals surface area contributed by atoms with Crippen molar-refractivity contribution < 1.29 is 14.3 Å². The fourth-order valence-corrected chi connectivity index (χ4v) is 3.02. The maximum atomic E-state index is 11.8. The van der Waals surface area contributed by atoms with Crippen LogP contribution in [0.1, 0.15) is 39.0 Å². The van der Waals surface area contributed by atoms with Gasteiger partial charge in [0.05, 0.1) is 17.8 Å². The van der Waals surface area contributed by atoms with Crippen LogP contribution in [-0.4, -0.2) is 28.3 Å². The van der Waals surface area contributed by atoms with Crippen molar-refractivity contribution in [2.45, 2.75) is 44.7 Å². The minimum Gasteiger partial charge on any atom is -0.459 e. The highest BCUT2D eigenvalue weighted by atomic mass is 32.2. The van der Waals surface area contributed by atoms with Gasteiger partial charge in [0.15, 0.2) is 0 Å². The minimum atomic E-state index is -0.867. The number of rotatable bonds is 2. The molecule has 0 saturated heterocycles. The Morgan fingerprint density at radius 3 is 2.70 bits per heavy atom. The predicted octanol–water partition coefficient (Wildman–Crippen LogP) is 1.89. The van der Waals surface area contributed by atoms with E-state index in [0.29, 0.717) is 5.82 Å². The Hall–Kier alpha value is -1.50. The molecule has 1 aliphatic rings. The number of hydrogen-bond acceptors (Lipinski definition) is 5. The van der Waals surface area contributed by atoms with E-state index in [0.717, 1.165) is 22.8 Å². The van der Waals surface area contributed by atoms with Gasteiger partial charge in [-0.05, 0) is 27.7 Å². The Morgan fingerprint density at radius 1 is 1.40 bits per heavy atom. The van der Waals surface area contributed by atoms with Crippen molar-refractivity contribution in [2.24, 2.45) is 0 Å². The van der Waals surface area contributed by atoms with E-state index in [1.54, 1.807) is 23.4 Å². The zero-order valence-corrected chi connectivity index (χ0v) is 13.0. The van der Waals surface area contributed by atoms with Crippen LogP contribution in [0.3, 0.4) is 0 Å². The van der Waals surface area contributed by atoms with E-state index in [-0.39, 0.29) is 12.1 Å². The van der Waals surface area contributed by atoms with Gasteiger partial charge < -0.3 is 10.1 Å². The minimum absolute atomic E-state index is 0.179. The van der Waals surface area contributed by atoms with Gasteiger partial charge in [-0.1, -0.05) is 0 Å². The van der Waals surface area contributed by atoms with Gasteiger partial charge in [-0.25, -0.2) is 9.48 Å². The third-order valence-electron chi connectivity index (χ3n) is 2.88. The third kappa shape index (κ3) is 2.82. The van der Waals surface area contributed by atoms with E-state index in [4.69, 9.17) is 4.74 Å². The molecule has 0 atom stereocenters. The van der Waals surface area contributed by atoms with Crippen LogP contribution in [0.15, 0.2) is 0 Å². The Labute approximate surface area is 122 Å². The summed E-state index contributed by atoms with van der Waals surface area (Å²) >= 11 is 1.75. The first-order valence-corrected chi connectivity index (χ1v) is 7.67. The molecular weight excluding hydrogens is 278 g/mol. The fraction of sp³-hybridized carbons (Fsp3) is 0.615. The number of ether oxygens (including phenoxy) is 1. The first-order valence-electron chi connectivity index (χ1n) is 6.51. The Morgan fingerprint density at radius 2 is 2.10 bits per heavy atom. The summed E-state index contributed by atoms with van der Waals surface area (Å²) in [7, 11) is 0. The molecule has 0 aromatic carbocycles. The van der Waals surface area contributed by atoms with Crippen LogP contribution in [0.2, 0.25) is 0 Å². The van der Waals surface area contributed by atoms with Crippen LogP contribution in [0, 0.1) is 0 Å². The van der Waals surface area contributed by atoms with Gasteiger partial charge in [-0.2, -0.15) is 16.9 Å². The number of anilines is 1. The Balaban J connectivity index is 2.31. The first kappa shape index (κ1) is 14.9. The van der Waals surface area contributed by atoms with Crippen molar-refractivity contribution in [3.05, 3.63) is 11.3 Å². The lowest BCUT2D eigenvalue weighted by Crippen LogP contribution is -2.31. The van der Waals surface area contributed by atoms with Crippen LogP contribution in [0.4, 0.5) is 5.82 Å². The Bertz CT molecular complexity index is 546. The summed E-state index contributed by atoms with van der Waals surface area (Å²) in [5, 5.41) is 7.21. The van der Waals surface area contributed by atoms with Crippen molar-refractivity contribution in [1.82, 2.24) is 9.78 Å². The van der Waals surface area contributed by atoms with Gasteiger partial charge in [-0.15, -0.1) is 0 Å². The van der Waals surface area contributed by atoms with Crippen LogP contribution in [0.25, 0.3) is 0 Å². The maximum Gasteiger partial charge on any atom is 0.397 e. The van der Waals surface area contributed by atoms with Crippen molar-refractivity contribution in [1.29, 1.82) is 0 Å². The quantitative estimate of drug-likeness (QED) is 0.666. The van der Waals surface area contributed by atoms with E-state index in [9.17, 15) is 9.59 Å². The summed E-state index contributed by atoms with van der Waals surface area (Å²) in [6.07, 6.45) is 0. The molecule has 0 unspecified atom stereocenters. The Kier molecular flexibility index (Phi) is 4.08. The number of nitrogens with zero attached hydrogens (tertiary/aromatic N) is 2. The number of esters is 1. The van der Waals surface area contributed by atoms with E-state index < -0.39 is 11.9 Å². The van der Waals surface area contributed by atoms with Crippen molar-refractivity contribution in [3.63, 3.8) is 0 Å². The number of fused-ring (bicyclic) bond motifs is 1. The molecule has 0 aliphatic carbocycles. The number of carbonyl (C=O) groups is 2. The van der Waals surface area contributed by atoms with Crippen LogP contribution < -0.4 is 5.32 Å². The number of hydrogen-bond donors (Lipinski definition) is 1. The van der Waals surface area contributed by atoms with Gasteiger partial charge in [0, 0.05) is 17.1 Å². The molecule has 2 rings (SSSR count). The third-order valence-corrected chi connectivity index (χ3v) is 3.85. The largest absolute Gasteiger partial charge is 0.459 e. The molecule has 0 radical (unpaired) electrons. The van der Waals surface area contributed by atoms with Crippen LogP contribution in [0.5, 0.6) is 0 Å². The average Bonchev–Trinajstić information content (AvgIpc) is 2.90. The number of thioether (sulfide) groups is 1. The van der Waals surface area contributed by atoms with Crippen molar-refractivity contribution in [3.8, 4) is 0 Å². The summed E-state index contributed by atoms with van der Waals surface area (Å²) in [6, 6.07) is 0. The number of carbonyl (C=O) groups excluding carboxylic acids is 2. The molecule has 6 nitrogen and oxygen atoms in total. The standard InChI is InChI=1S/C13H19N3O3S/c1-5-19-12(18)11(17)14-10-8-6-20-7-9(8)15-16(10)13(2,3)4/h5-7H2,1-4H3,(H,14,17). The lowest BCUT2D eigenvalue weighted by Gasteiger charge is -2.23. The SMILES string of the molecule is CCOC(=O)C(=O)Nc1c2c(nn1C(C)(C)C)CSC2. The zero-order valence-electron chi connectivity index (χ0n) is 12.1. The first-order chi connectivity index (χ1) is 9.34. The maximum absolute atomic E-state index is 11.8. The molecular formula is C13H19N3O3S. The number of nitrogens with one attached hydrogen (secondary N) is 1. The van der Waals surface area contributed by atoms with Crippen molar-refractivity contribution >= 4 is 29.5 Å². The second kappa shape index (κ2) is 5.47. The highest BCUT2D eigenvalue weighted by Gasteiger charge is 2.30. The van der Waals surface area contributed by atoms with E-state index in [1.165, 1.54) is 0 Å². The average molecular weight is 297 g/mol. The molecule has 1 aromatic rings. The highest BCUT2D eigenvalue weighted by Crippen LogP contribution is 2.37. The zero-order chi connectivity index (χ0) is 14.9. The molecule has 0 bridgehead atoms. The lowest BCUT2D eigenvalue weighted by atomic mass is 10.1. The molecule has 110 valence electrons. The van der Waals surface area contributed by atoms with Gasteiger partial charge in [-0.3, -0.25) is 4.79 Å². The predicted molar refractivity (Wildman–Crippen MR) is 77.5 cm³/mol. The second-order valence-corrected chi connectivity index (χ2v) is 6.51. The summed E-state index contributed by atoms with van der Waals surface area (Å²) in [6.45, 7) is 7.85. The number of aromatic nitrogens is 2.